The Morgan fingerprint density at radius 1 is 1.25 bits per heavy atom. The van der Waals surface area contributed by atoms with Crippen LogP contribution in [0.4, 0.5) is 0 Å². The monoisotopic (exact) mass is 272 g/mol. The molecule has 0 aromatic carbocycles. The van der Waals surface area contributed by atoms with Gasteiger partial charge in [0.2, 0.25) is 0 Å². The average Bonchev–Trinajstić information content (AvgIpc) is 2.89. The first-order valence-corrected chi connectivity index (χ1v) is 7.42. The molecule has 0 fully saturated rings. The van der Waals surface area contributed by atoms with Crippen LogP contribution in [-0.4, -0.2) is 21.3 Å². The smallest absolute Gasteiger partial charge is 0.0763 e. The van der Waals surface area contributed by atoms with Crippen molar-refractivity contribution < 1.29 is 0 Å². The lowest BCUT2D eigenvalue weighted by Crippen LogP contribution is -2.25. The predicted octanol–water partition coefficient (Wildman–Crippen LogP) is 2.87. The zero-order valence-electron chi connectivity index (χ0n) is 12.8. The van der Waals surface area contributed by atoms with E-state index in [4.69, 9.17) is 0 Å². The molecule has 0 spiro atoms. The molecular formula is C16H24N4. The molecule has 0 aliphatic carbocycles. The maximum absolute atomic E-state index is 4.65. The molecule has 1 N–H and O–H groups in total. The van der Waals surface area contributed by atoms with E-state index in [-0.39, 0.29) is 6.04 Å². The Labute approximate surface area is 121 Å². The zero-order chi connectivity index (χ0) is 14.5. The maximum Gasteiger partial charge on any atom is 0.0763 e. The third-order valence-electron chi connectivity index (χ3n) is 3.50. The Hall–Kier alpha value is -1.68. The van der Waals surface area contributed by atoms with Crippen LogP contribution in [-0.2, 0) is 13.0 Å². The summed E-state index contributed by atoms with van der Waals surface area (Å²) in [7, 11) is 0. The van der Waals surface area contributed by atoms with E-state index in [0.717, 1.165) is 30.9 Å². The molecule has 2 heterocycles. The second kappa shape index (κ2) is 6.66. The highest BCUT2D eigenvalue weighted by molar-refractivity contribution is 5.28. The summed E-state index contributed by atoms with van der Waals surface area (Å²) in [5.41, 5.74) is 4.60. The lowest BCUT2D eigenvalue weighted by Gasteiger charge is -2.19. The third kappa shape index (κ3) is 3.07. The third-order valence-corrected chi connectivity index (χ3v) is 3.50. The molecule has 0 bridgehead atoms. The van der Waals surface area contributed by atoms with E-state index >= 15 is 0 Å². The first-order chi connectivity index (χ1) is 9.69. The van der Waals surface area contributed by atoms with E-state index < -0.39 is 0 Å². The minimum atomic E-state index is 0.154. The summed E-state index contributed by atoms with van der Waals surface area (Å²) in [6, 6.07) is 6.57. The largest absolute Gasteiger partial charge is 0.305 e. The van der Waals surface area contributed by atoms with Gasteiger partial charge in [-0.25, -0.2) is 0 Å². The second-order valence-corrected chi connectivity index (χ2v) is 4.95. The van der Waals surface area contributed by atoms with E-state index in [0.29, 0.717) is 0 Å². The van der Waals surface area contributed by atoms with E-state index in [1.165, 1.54) is 11.3 Å². The first kappa shape index (κ1) is 14.7. The van der Waals surface area contributed by atoms with Gasteiger partial charge >= 0.3 is 0 Å². The van der Waals surface area contributed by atoms with Gasteiger partial charge in [0.1, 0.15) is 0 Å². The van der Waals surface area contributed by atoms with Gasteiger partial charge in [-0.3, -0.25) is 9.67 Å². The van der Waals surface area contributed by atoms with Gasteiger partial charge in [-0.2, -0.15) is 5.10 Å². The lowest BCUT2D eigenvalue weighted by molar-refractivity contribution is 0.539. The molecule has 4 nitrogen and oxygen atoms in total. The van der Waals surface area contributed by atoms with Crippen LogP contribution in [0.5, 0.6) is 0 Å². The van der Waals surface area contributed by atoms with Crippen LogP contribution in [0.1, 0.15) is 49.5 Å². The molecule has 20 heavy (non-hydrogen) atoms. The summed E-state index contributed by atoms with van der Waals surface area (Å²) >= 11 is 0. The molecule has 2 rings (SSSR count). The zero-order valence-corrected chi connectivity index (χ0v) is 12.8. The van der Waals surface area contributed by atoms with Gasteiger partial charge in [0.05, 0.1) is 17.4 Å². The van der Waals surface area contributed by atoms with Crippen molar-refractivity contribution in [1.82, 2.24) is 20.1 Å². The van der Waals surface area contributed by atoms with Gasteiger partial charge in [0, 0.05) is 18.4 Å². The SMILES string of the molecule is CCNC(c1ccc(C)nc1)c1cc(CC)nn1CC. The molecule has 0 aliphatic rings. The highest BCUT2D eigenvalue weighted by atomic mass is 15.3. The Balaban J connectivity index is 2.42. The molecule has 1 unspecified atom stereocenters. The van der Waals surface area contributed by atoms with Crippen LogP contribution in [0, 0.1) is 6.92 Å². The van der Waals surface area contributed by atoms with Gasteiger partial charge in [-0.15, -0.1) is 0 Å². The molecule has 0 saturated carbocycles. The van der Waals surface area contributed by atoms with Gasteiger partial charge in [0.15, 0.2) is 0 Å². The highest BCUT2D eigenvalue weighted by Gasteiger charge is 2.18. The summed E-state index contributed by atoms with van der Waals surface area (Å²) in [6.45, 7) is 10.2. The normalized spacial score (nSPS) is 12.6. The molecule has 0 aliphatic heterocycles. The molecule has 108 valence electrons. The average molecular weight is 272 g/mol. The van der Waals surface area contributed by atoms with Crippen molar-refractivity contribution in [2.45, 2.75) is 46.7 Å². The number of aryl methyl sites for hydroxylation is 3. The summed E-state index contributed by atoms with van der Waals surface area (Å²) in [5, 5.41) is 8.20. The Bertz CT molecular complexity index is 542. The summed E-state index contributed by atoms with van der Waals surface area (Å²) < 4.78 is 2.09. The van der Waals surface area contributed by atoms with Crippen LogP contribution in [0.15, 0.2) is 24.4 Å². The van der Waals surface area contributed by atoms with Gasteiger partial charge in [-0.05, 0) is 44.5 Å². The van der Waals surface area contributed by atoms with Gasteiger partial charge in [0.25, 0.3) is 0 Å². The number of aromatic nitrogens is 3. The van der Waals surface area contributed by atoms with Crippen LogP contribution in [0.2, 0.25) is 0 Å². The van der Waals surface area contributed by atoms with Crippen molar-refractivity contribution in [3.05, 3.63) is 47.0 Å². The summed E-state index contributed by atoms with van der Waals surface area (Å²) in [4.78, 5) is 4.42. The Morgan fingerprint density at radius 3 is 2.60 bits per heavy atom. The lowest BCUT2D eigenvalue weighted by atomic mass is 10.0. The highest BCUT2D eigenvalue weighted by Crippen LogP contribution is 2.23. The molecule has 0 amide bonds. The van der Waals surface area contributed by atoms with Gasteiger partial charge in [-0.1, -0.05) is 19.9 Å². The molecule has 0 saturated heterocycles. The Morgan fingerprint density at radius 2 is 2.05 bits per heavy atom. The molecule has 2 aromatic heterocycles. The van der Waals surface area contributed by atoms with Crippen LogP contribution < -0.4 is 5.32 Å². The number of hydrogen-bond donors (Lipinski definition) is 1. The van der Waals surface area contributed by atoms with Crippen molar-refractivity contribution in [1.29, 1.82) is 0 Å². The number of nitrogens with zero attached hydrogens (tertiary/aromatic N) is 3. The minimum absolute atomic E-state index is 0.154. The maximum atomic E-state index is 4.65. The number of rotatable bonds is 6. The predicted molar refractivity (Wildman–Crippen MR) is 81.8 cm³/mol. The topological polar surface area (TPSA) is 42.7 Å². The van der Waals surface area contributed by atoms with Gasteiger partial charge < -0.3 is 5.32 Å². The fourth-order valence-corrected chi connectivity index (χ4v) is 2.39. The fourth-order valence-electron chi connectivity index (χ4n) is 2.39. The summed E-state index contributed by atoms with van der Waals surface area (Å²) in [6.07, 6.45) is 2.92. The summed E-state index contributed by atoms with van der Waals surface area (Å²) in [5.74, 6) is 0. The van der Waals surface area contributed by atoms with E-state index in [1.807, 2.05) is 13.1 Å². The van der Waals surface area contributed by atoms with E-state index in [2.05, 4.69) is 59.1 Å². The number of hydrogen-bond acceptors (Lipinski definition) is 3. The standard InChI is InChI=1S/C16H24N4/c1-5-14-10-15(20(7-3)19-14)16(17-6-2)13-9-8-12(4)18-11-13/h8-11,16-17H,5-7H2,1-4H3. The molecule has 4 heteroatoms. The van der Waals surface area contributed by atoms with Crippen molar-refractivity contribution in [2.75, 3.05) is 6.54 Å². The Kier molecular flexibility index (Phi) is 4.90. The van der Waals surface area contributed by atoms with Crippen LogP contribution >= 0.6 is 0 Å². The van der Waals surface area contributed by atoms with Crippen LogP contribution in [0.3, 0.4) is 0 Å². The van der Waals surface area contributed by atoms with E-state index in [1.54, 1.807) is 0 Å². The quantitative estimate of drug-likeness (QED) is 0.879. The molecule has 2 aromatic rings. The van der Waals surface area contributed by atoms with Crippen LogP contribution in [0.25, 0.3) is 0 Å². The molecule has 0 radical (unpaired) electrons. The molecular weight excluding hydrogens is 248 g/mol. The van der Waals surface area contributed by atoms with Crippen molar-refractivity contribution in [3.8, 4) is 0 Å². The van der Waals surface area contributed by atoms with Crippen molar-refractivity contribution in [2.24, 2.45) is 0 Å². The number of pyridine rings is 1. The minimum Gasteiger partial charge on any atom is -0.305 e. The number of nitrogens with one attached hydrogen (secondary N) is 1. The fraction of sp³-hybridized carbons (Fsp3) is 0.500. The second-order valence-electron chi connectivity index (χ2n) is 4.95. The van der Waals surface area contributed by atoms with E-state index in [9.17, 15) is 0 Å². The van der Waals surface area contributed by atoms with Crippen molar-refractivity contribution >= 4 is 0 Å². The molecule has 1 atom stereocenters. The van der Waals surface area contributed by atoms with Crippen molar-refractivity contribution in [3.63, 3.8) is 0 Å². The first-order valence-electron chi connectivity index (χ1n) is 7.42.